The fourth-order valence-corrected chi connectivity index (χ4v) is 9.99. The second-order valence-corrected chi connectivity index (χ2v) is 15.0. The first kappa shape index (κ1) is 33.8. The summed E-state index contributed by atoms with van der Waals surface area (Å²) in [5, 5.41) is 0. The van der Waals surface area contributed by atoms with Crippen molar-refractivity contribution in [2.45, 2.75) is 10.8 Å². The molecule has 2 heterocycles. The Balaban J connectivity index is 1.24. The minimum atomic E-state index is -0.623. The molecule has 0 N–H and O–H groups in total. The van der Waals surface area contributed by atoms with Crippen LogP contribution >= 0.6 is 0 Å². The lowest BCUT2D eigenvalue weighted by molar-refractivity contribution is 0.557. The highest BCUT2D eigenvalue weighted by Crippen LogP contribution is 2.66. The van der Waals surface area contributed by atoms with Crippen molar-refractivity contribution in [3.63, 3.8) is 0 Å². The van der Waals surface area contributed by atoms with Gasteiger partial charge in [0.15, 0.2) is 0 Å². The minimum absolute atomic E-state index is 0.577. The van der Waals surface area contributed by atoms with Crippen LogP contribution in [0, 0.1) is 0 Å². The van der Waals surface area contributed by atoms with Crippen LogP contribution in [0.4, 0.5) is 34.1 Å². The highest BCUT2D eigenvalue weighted by atomic mass is 15.1. The van der Waals surface area contributed by atoms with Gasteiger partial charge in [-0.3, -0.25) is 9.97 Å². The van der Waals surface area contributed by atoms with Crippen molar-refractivity contribution in [1.29, 1.82) is 0 Å². The molecule has 58 heavy (non-hydrogen) atoms. The third-order valence-corrected chi connectivity index (χ3v) is 12.2. The average molecular weight is 743 g/mol. The van der Waals surface area contributed by atoms with Gasteiger partial charge in [-0.05, 0) is 117 Å². The van der Waals surface area contributed by atoms with Crippen LogP contribution < -0.4 is 9.80 Å². The molecule has 0 unspecified atom stereocenters. The largest absolute Gasteiger partial charge is 0.310 e. The maximum atomic E-state index is 4.38. The Morgan fingerprint density at radius 3 is 1.12 bits per heavy atom. The molecule has 3 aliphatic rings. The SMILES string of the molecule is c1ccc(N(c2ccncc2)c2cccc(C34c5ccccc5C(c5ccccc5)(c5ccccc53)c3cc(N(c5ccccc5)c5ccncc5)ccc34)c2)cc1. The number of aromatic nitrogens is 2. The molecular formula is C54H38N4. The number of para-hydroxylation sites is 2. The maximum Gasteiger partial charge on any atom is 0.0712 e. The summed E-state index contributed by atoms with van der Waals surface area (Å²) in [5.74, 6) is 0. The first-order valence-electron chi connectivity index (χ1n) is 19.8. The molecule has 7 aromatic carbocycles. The zero-order valence-electron chi connectivity index (χ0n) is 31.7. The van der Waals surface area contributed by atoms with Crippen LogP contribution in [0.25, 0.3) is 0 Å². The fraction of sp³-hybridized carbons (Fsp3) is 0.0370. The minimum Gasteiger partial charge on any atom is -0.310 e. The van der Waals surface area contributed by atoms with Gasteiger partial charge in [0.25, 0.3) is 0 Å². The van der Waals surface area contributed by atoms with E-state index in [1.54, 1.807) is 0 Å². The zero-order valence-corrected chi connectivity index (χ0v) is 31.7. The lowest BCUT2D eigenvalue weighted by atomic mass is 9.44. The van der Waals surface area contributed by atoms with Crippen LogP contribution in [0.2, 0.25) is 0 Å². The number of rotatable bonds is 8. The second-order valence-electron chi connectivity index (χ2n) is 15.0. The maximum absolute atomic E-state index is 4.38. The molecule has 0 saturated heterocycles. The summed E-state index contributed by atoms with van der Waals surface area (Å²) in [7, 11) is 0. The summed E-state index contributed by atoms with van der Waals surface area (Å²) < 4.78 is 0. The molecule has 2 aromatic heterocycles. The van der Waals surface area contributed by atoms with E-state index in [0.717, 1.165) is 34.1 Å². The van der Waals surface area contributed by atoms with Gasteiger partial charge >= 0.3 is 0 Å². The van der Waals surface area contributed by atoms with Gasteiger partial charge in [-0.25, -0.2) is 0 Å². The van der Waals surface area contributed by atoms with Crippen molar-refractivity contribution in [3.8, 4) is 0 Å². The van der Waals surface area contributed by atoms with Crippen LogP contribution in [-0.2, 0) is 10.8 Å². The highest BCUT2D eigenvalue weighted by Gasteiger charge is 2.60. The molecule has 0 amide bonds. The summed E-state index contributed by atoms with van der Waals surface area (Å²) in [6.07, 6.45) is 7.47. The Morgan fingerprint density at radius 1 is 0.259 bits per heavy atom. The summed E-state index contributed by atoms with van der Waals surface area (Å²) in [4.78, 5) is 13.4. The Kier molecular flexibility index (Phi) is 7.90. The summed E-state index contributed by atoms with van der Waals surface area (Å²) in [5.41, 5.74) is 15.5. The van der Waals surface area contributed by atoms with Crippen LogP contribution in [-0.4, -0.2) is 9.97 Å². The molecule has 4 nitrogen and oxygen atoms in total. The van der Waals surface area contributed by atoms with Gasteiger partial charge in [-0.2, -0.15) is 0 Å². The first-order chi connectivity index (χ1) is 28.8. The Morgan fingerprint density at radius 2 is 0.621 bits per heavy atom. The third kappa shape index (κ3) is 4.88. The number of anilines is 6. The van der Waals surface area contributed by atoms with E-state index in [4.69, 9.17) is 0 Å². The second kappa shape index (κ2) is 13.6. The average Bonchev–Trinajstić information content (AvgIpc) is 3.31. The van der Waals surface area contributed by atoms with E-state index in [9.17, 15) is 0 Å². The van der Waals surface area contributed by atoms with Gasteiger partial charge in [0.1, 0.15) is 0 Å². The molecule has 0 atom stereocenters. The van der Waals surface area contributed by atoms with Gasteiger partial charge in [-0.1, -0.05) is 133 Å². The van der Waals surface area contributed by atoms with Crippen LogP contribution in [0.1, 0.15) is 44.5 Å². The molecule has 0 fully saturated rings. The molecule has 3 aliphatic carbocycles. The van der Waals surface area contributed by atoms with Crippen LogP contribution in [0.3, 0.4) is 0 Å². The van der Waals surface area contributed by atoms with Crippen molar-refractivity contribution < 1.29 is 0 Å². The molecular weight excluding hydrogens is 705 g/mol. The number of nitrogens with zero attached hydrogens (tertiary/aromatic N) is 4. The predicted octanol–water partition coefficient (Wildman–Crippen LogP) is 12.8. The number of hydrogen-bond acceptors (Lipinski definition) is 4. The number of pyridine rings is 2. The van der Waals surface area contributed by atoms with Crippen LogP contribution in [0.15, 0.2) is 231 Å². The van der Waals surface area contributed by atoms with Gasteiger partial charge in [0.05, 0.1) is 10.8 Å². The molecule has 2 bridgehead atoms. The molecule has 9 aromatic rings. The predicted molar refractivity (Wildman–Crippen MR) is 235 cm³/mol. The van der Waals surface area contributed by atoms with Gasteiger partial charge in [-0.15, -0.1) is 0 Å². The molecule has 0 saturated carbocycles. The van der Waals surface area contributed by atoms with Crippen molar-refractivity contribution in [2.75, 3.05) is 9.80 Å². The van der Waals surface area contributed by atoms with Crippen molar-refractivity contribution in [1.82, 2.24) is 9.97 Å². The quantitative estimate of drug-likeness (QED) is 0.155. The number of hydrogen-bond donors (Lipinski definition) is 0. The Bertz CT molecular complexity index is 2740. The van der Waals surface area contributed by atoms with Gasteiger partial charge in [0.2, 0.25) is 0 Å². The molecule has 12 rings (SSSR count). The summed E-state index contributed by atoms with van der Waals surface area (Å²) >= 11 is 0. The van der Waals surface area contributed by atoms with Crippen molar-refractivity contribution in [2.24, 2.45) is 0 Å². The molecule has 274 valence electrons. The van der Waals surface area contributed by atoms with Crippen LogP contribution in [0.5, 0.6) is 0 Å². The normalized spacial score (nSPS) is 17.1. The standard InChI is InChI=1S/C54H38N4/c1-4-15-39(16-5-1)53-47-23-10-12-25-49(47)54(50-26-13-11-24-48(50)53,40-17-14-22-45(37-40)57(41-18-6-2-7-19-41)43-29-33-55-34-30-43)51-28-27-46(38-52(51)53)58(42-20-8-3-9-21-42)44-31-35-56-36-32-44/h1-38H. The Labute approximate surface area is 339 Å². The lowest BCUT2D eigenvalue weighted by Gasteiger charge is -2.57. The fourth-order valence-electron chi connectivity index (χ4n) is 9.99. The lowest BCUT2D eigenvalue weighted by Crippen LogP contribution is -2.52. The van der Waals surface area contributed by atoms with E-state index in [2.05, 4.69) is 226 Å². The number of benzene rings is 7. The molecule has 0 aliphatic heterocycles. The zero-order chi connectivity index (χ0) is 38.5. The van der Waals surface area contributed by atoms with E-state index >= 15 is 0 Å². The van der Waals surface area contributed by atoms with Gasteiger partial charge < -0.3 is 9.80 Å². The van der Waals surface area contributed by atoms with E-state index < -0.39 is 10.8 Å². The smallest absolute Gasteiger partial charge is 0.0712 e. The van der Waals surface area contributed by atoms with E-state index in [1.165, 1.54) is 44.5 Å². The molecule has 4 heteroatoms. The monoisotopic (exact) mass is 742 g/mol. The van der Waals surface area contributed by atoms with Crippen molar-refractivity contribution in [3.05, 3.63) is 276 Å². The third-order valence-electron chi connectivity index (χ3n) is 12.2. The van der Waals surface area contributed by atoms with E-state index in [-0.39, 0.29) is 0 Å². The van der Waals surface area contributed by atoms with Gasteiger partial charge in [0, 0.05) is 58.9 Å². The molecule has 0 radical (unpaired) electrons. The van der Waals surface area contributed by atoms with E-state index in [0.29, 0.717) is 0 Å². The Hall–Kier alpha value is -7.56. The summed E-state index contributed by atoms with van der Waals surface area (Å²) in [6, 6.07) is 75.4. The molecule has 0 spiro atoms. The first-order valence-corrected chi connectivity index (χ1v) is 19.8. The van der Waals surface area contributed by atoms with E-state index in [1.807, 2.05) is 24.8 Å². The summed E-state index contributed by atoms with van der Waals surface area (Å²) in [6.45, 7) is 0. The topological polar surface area (TPSA) is 32.3 Å². The highest BCUT2D eigenvalue weighted by molar-refractivity contribution is 5.86. The van der Waals surface area contributed by atoms with Crippen molar-refractivity contribution >= 4 is 34.1 Å².